The van der Waals surface area contributed by atoms with E-state index in [1.165, 1.54) is 238 Å². The number of hydrogen-bond acceptors (Lipinski definition) is 3. The molecule has 4 nitrogen and oxygen atoms in total. The molecule has 0 aliphatic carbocycles. The minimum Gasteiger partial charge on any atom is -0.394 e. The number of nitrogens with one attached hydrogen (secondary N) is 1. The molecule has 0 aromatic heterocycles. The zero-order valence-corrected chi connectivity index (χ0v) is 37.0. The van der Waals surface area contributed by atoms with E-state index >= 15 is 0 Å². The van der Waals surface area contributed by atoms with Crippen molar-refractivity contribution in [2.75, 3.05) is 6.61 Å². The average Bonchev–Trinajstić information content (AvgIpc) is 3.18. The quantitative estimate of drug-likeness (QED) is 0.0427. The van der Waals surface area contributed by atoms with Crippen LogP contribution in [0.15, 0.2) is 12.2 Å². The lowest BCUT2D eigenvalue weighted by Gasteiger charge is -2.20. The Bertz CT molecular complexity index is 739. The maximum atomic E-state index is 12.3. The zero-order valence-electron chi connectivity index (χ0n) is 37.0. The second kappa shape index (κ2) is 46.5. The van der Waals surface area contributed by atoms with Gasteiger partial charge in [-0.2, -0.15) is 0 Å². The van der Waals surface area contributed by atoms with Gasteiger partial charge in [0.05, 0.1) is 18.8 Å². The molecule has 0 saturated carbocycles. The summed E-state index contributed by atoms with van der Waals surface area (Å²) in [7, 11) is 0. The molecule has 4 heteroatoms. The average molecular weight is 762 g/mol. The molecule has 3 N–H and O–H groups in total. The van der Waals surface area contributed by atoms with Crippen molar-refractivity contribution in [1.82, 2.24) is 5.32 Å². The standard InChI is InChI=1S/C50H99NO3/c1-3-5-7-9-10-11-12-13-14-15-16-17-18-19-20-21-22-23-24-25-26-27-28-29-30-31-32-33-34-35-36-37-38-39-40-42-44-46-50(54)51-48(47-52)49(53)45-43-41-8-6-4-2/h43,45,48-49,52-53H,3-42,44,46-47H2,1-2H3,(H,51,54)/b45-43+. The SMILES string of the molecule is CCCCC/C=C/C(O)C(CO)NC(=O)CCCCCCCCCCCCCCCCCCCCCCCCCCCCCCCCCCCCCCC. The largest absolute Gasteiger partial charge is 0.394 e. The Hall–Kier alpha value is -0.870. The van der Waals surface area contributed by atoms with Gasteiger partial charge < -0.3 is 15.5 Å². The molecule has 1 amide bonds. The van der Waals surface area contributed by atoms with E-state index in [0.717, 1.165) is 25.7 Å². The van der Waals surface area contributed by atoms with Gasteiger partial charge in [0.2, 0.25) is 5.91 Å². The third kappa shape index (κ3) is 42.3. The Morgan fingerprint density at radius 2 is 0.685 bits per heavy atom. The number of aliphatic hydroxyl groups is 2. The van der Waals surface area contributed by atoms with E-state index in [1.807, 2.05) is 6.08 Å². The Morgan fingerprint density at radius 1 is 0.426 bits per heavy atom. The number of carbonyl (C=O) groups is 1. The monoisotopic (exact) mass is 762 g/mol. The fraction of sp³-hybridized carbons (Fsp3) is 0.940. The molecule has 0 rings (SSSR count). The molecular formula is C50H99NO3. The fourth-order valence-corrected chi connectivity index (χ4v) is 7.95. The highest BCUT2D eigenvalue weighted by Crippen LogP contribution is 2.18. The maximum absolute atomic E-state index is 12.3. The summed E-state index contributed by atoms with van der Waals surface area (Å²) in [5, 5.41) is 22.6. The number of hydrogen-bond donors (Lipinski definition) is 3. The van der Waals surface area contributed by atoms with Crippen LogP contribution in [0.5, 0.6) is 0 Å². The van der Waals surface area contributed by atoms with E-state index in [-0.39, 0.29) is 12.5 Å². The first-order valence-corrected chi connectivity index (χ1v) is 24.9. The smallest absolute Gasteiger partial charge is 0.220 e. The highest BCUT2D eigenvalue weighted by atomic mass is 16.3. The topological polar surface area (TPSA) is 69.6 Å². The molecule has 0 radical (unpaired) electrons. The van der Waals surface area contributed by atoms with Gasteiger partial charge in [0.25, 0.3) is 0 Å². The van der Waals surface area contributed by atoms with Crippen molar-refractivity contribution in [1.29, 1.82) is 0 Å². The zero-order chi connectivity index (χ0) is 39.3. The maximum Gasteiger partial charge on any atom is 0.220 e. The molecule has 0 aliphatic heterocycles. The number of amides is 1. The summed E-state index contributed by atoms with van der Waals surface area (Å²) < 4.78 is 0. The van der Waals surface area contributed by atoms with E-state index in [9.17, 15) is 15.0 Å². The Labute approximate surface area is 339 Å². The van der Waals surface area contributed by atoms with Gasteiger partial charge in [0.1, 0.15) is 0 Å². The Morgan fingerprint density at radius 3 is 0.963 bits per heavy atom. The van der Waals surface area contributed by atoms with Crippen LogP contribution in [0.2, 0.25) is 0 Å². The summed E-state index contributed by atoms with van der Waals surface area (Å²) in [6.45, 7) is 4.23. The van der Waals surface area contributed by atoms with Crippen LogP contribution in [0.3, 0.4) is 0 Å². The molecule has 2 unspecified atom stereocenters. The second-order valence-electron chi connectivity index (χ2n) is 17.2. The van der Waals surface area contributed by atoms with Crippen molar-refractivity contribution in [2.24, 2.45) is 0 Å². The van der Waals surface area contributed by atoms with Crippen molar-refractivity contribution in [3.63, 3.8) is 0 Å². The second-order valence-corrected chi connectivity index (χ2v) is 17.2. The van der Waals surface area contributed by atoms with Gasteiger partial charge in [-0.15, -0.1) is 0 Å². The van der Waals surface area contributed by atoms with Crippen LogP contribution in [-0.2, 0) is 4.79 Å². The van der Waals surface area contributed by atoms with Crippen LogP contribution in [0.1, 0.15) is 284 Å². The third-order valence-electron chi connectivity index (χ3n) is 11.8. The Kier molecular flexibility index (Phi) is 45.8. The van der Waals surface area contributed by atoms with Gasteiger partial charge in [-0.1, -0.05) is 270 Å². The van der Waals surface area contributed by atoms with Crippen molar-refractivity contribution < 1.29 is 15.0 Å². The molecule has 0 aromatic carbocycles. The summed E-state index contributed by atoms with van der Waals surface area (Å²) in [5.41, 5.74) is 0. The predicted molar refractivity (Wildman–Crippen MR) is 239 cm³/mol. The molecule has 0 spiro atoms. The first-order chi connectivity index (χ1) is 26.7. The molecule has 54 heavy (non-hydrogen) atoms. The number of unbranched alkanes of at least 4 members (excludes halogenated alkanes) is 39. The van der Waals surface area contributed by atoms with Crippen molar-refractivity contribution in [3.05, 3.63) is 12.2 Å². The van der Waals surface area contributed by atoms with E-state index in [0.29, 0.717) is 6.42 Å². The van der Waals surface area contributed by atoms with Crippen LogP contribution in [-0.4, -0.2) is 34.9 Å². The number of carbonyl (C=O) groups excluding carboxylic acids is 1. The van der Waals surface area contributed by atoms with Crippen LogP contribution < -0.4 is 5.32 Å². The lowest BCUT2D eigenvalue weighted by molar-refractivity contribution is -0.123. The lowest BCUT2D eigenvalue weighted by atomic mass is 10.0. The van der Waals surface area contributed by atoms with E-state index in [1.54, 1.807) is 6.08 Å². The number of allylic oxidation sites excluding steroid dienone is 1. The van der Waals surface area contributed by atoms with Crippen molar-refractivity contribution >= 4 is 5.91 Å². The molecular weight excluding hydrogens is 663 g/mol. The van der Waals surface area contributed by atoms with Crippen LogP contribution in [0, 0.1) is 0 Å². The first kappa shape index (κ1) is 53.1. The molecule has 0 fully saturated rings. The molecule has 0 bridgehead atoms. The van der Waals surface area contributed by atoms with E-state index in [4.69, 9.17) is 0 Å². The summed E-state index contributed by atoms with van der Waals surface area (Å²) in [6.07, 6.45) is 59.9. The fourth-order valence-electron chi connectivity index (χ4n) is 7.95. The lowest BCUT2D eigenvalue weighted by Crippen LogP contribution is -2.45. The molecule has 0 saturated heterocycles. The predicted octanol–water partition coefficient (Wildman–Crippen LogP) is 15.8. The van der Waals surface area contributed by atoms with E-state index in [2.05, 4.69) is 19.2 Å². The van der Waals surface area contributed by atoms with Gasteiger partial charge in [0, 0.05) is 6.42 Å². The molecule has 2 atom stereocenters. The van der Waals surface area contributed by atoms with Gasteiger partial charge in [-0.3, -0.25) is 4.79 Å². The summed E-state index contributed by atoms with van der Waals surface area (Å²) in [5.74, 6) is -0.0659. The summed E-state index contributed by atoms with van der Waals surface area (Å²) >= 11 is 0. The van der Waals surface area contributed by atoms with Crippen LogP contribution in [0.25, 0.3) is 0 Å². The summed E-state index contributed by atoms with van der Waals surface area (Å²) in [4.78, 5) is 12.3. The third-order valence-corrected chi connectivity index (χ3v) is 11.8. The van der Waals surface area contributed by atoms with Gasteiger partial charge >= 0.3 is 0 Å². The van der Waals surface area contributed by atoms with Crippen LogP contribution in [0.4, 0.5) is 0 Å². The highest BCUT2D eigenvalue weighted by Gasteiger charge is 2.18. The van der Waals surface area contributed by atoms with Gasteiger partial charge in [-0.25, -0.2) is 0 Å². The molecule has 0 heterocycles. The number of rotatable bonds is 46. The van der Waals surface area contributed by atoms with Crippen LogP contribution >= 0.6 is 0 Å². The minimum atomic E-state index is -0.830. The first-order valence-electron chi connectivity index (χ1n) is 24.9. The minimum absolute atomic E-state index is 0.0659. The number of aliphatic hydroxyl groups excluding tert-OH is 2. The summed E-state index contributed by atoms with van der Waals surface area (Å²) in [6, 6.07) is -0.613. The highest BCUT2D eigenvalue weighted by molar-refractivity contribution is 5.76. The van der Waals surface area contributed by atoms with Crippen molar-refractivity contribution in [3.8, 4) is 0 Å². The Balaban J connectivity index is 3.25. The normalized spacial score (nSPS) is 12.9. The molecule has 0 aliphatic rings. The molecule has 0 aromatic rings. The van der Waals surface area contributed by atoms with Crippen molar-refractivity contribution in [2.45, 2.75) is 296 Å². The van der Waals surface area contributed by atoms with Gasteiger partial charge in [0.15, 0.2) is 0 Å². The van der Waals surface area contributed by atoms with E-state index < -0.39 is 12.1 Å². The molecule has 322 valence electrons. The van der Waals surface area contributed by atoms with Gasteiger partial charge in [-0.05, 0) is 19.3 Å².